The van der Waals surface area contributed by atoms with Crippen LogP contribution in [0.4, 0.5) is 11.4 Å². The number of anilines is 2. The van der Waals surface area contributed by atoms with Crippen LogP contribution in [-0.2, 0) is 0 Å². The molecule has 5 rings (SSSR count). The molecule has 0 aliphatic carbocycles. The molecule has 0 radical (unpaired) electrons. The van der Waals surface area contributed by atoms with Crippen LogP contribution in [0.2, 0.25) is 0 Å². The van der Waals surface area contributed by atoms with E-state index in [4.69, 9.17) is 9.97 Å². The van der Waals surface area contributed by atoms with Gasteiger partial charge < -0.3 is 19.6 Å². The molecule has 0 saturated carbocycles. The lowest BCUT2D eigenvalue weighted by molar-refractivity contribution is 0.0664. The summed E-state index contributed by atoms with van der Waals surface area (Å²) in [5.41, 5.74) is 7.95. The Morgan fingerprint density at radius 2 is 1.24 bits per heavy atom. The van der Waals surface area contributed by atoms with Crippen LogP contribution in [0.5, 0.6) is 0 Å². The topological polar surface area (TPSA) is 55.8 Å². The standard InChI is InChI=1S/C30H34N6O/c1-33(2)24-10-6-8-21(18-24)28-29(22-9-7-11-25(19-22)34(3)4)32-27-20-23(12-13-26(27)31-28)30(37)36-16-14-35(5)15-17-36/h6-13,18-20H,14-17H2,1-5H3. The fraction of sp³-hybridized carbons (Fsp3) is 0.300. The minimum absolute atomic E-state index is 0.0516. The summed E-state index contributed by atoms with van der Waals surface area (Å²) in [6.45, 7) is 3.26. The van der Waals surface area contributed by atoms with Gasteiger partial charge in [0.15, 0.2) is 0 Å². The van der Waals surface area contributed by atoms with Gasteiger partial charge >= 0.3 is 0 Å². The highest BCUT2D eigenvalue weighted by molar-refractivity contribution is 5.98. The highest BCUT2D eigenvalue weighted by atomic mass is 16.2. The highest BCUT2D eigenvalue weighted by Crippen LogP contribution is 2.34. The zero-order valence-electron chi connectivity index (χ0n) is 22.3. The summed E-state index contributed by atoms with van der Waals surface area (Å²) in [5.74, 6) is 0.0516. The Balaban J connectivity index is 1.64. The van der Waals surface area contributed by atoms with E-state index in [0.29, 0.717) is 5.56 Å². The van der Waals surface area contributed by atoms with Crippen LogP contribution >= 0.6 is 0 Å². The molecular weight excluding hydrogens is 460 g/mol. The van der Waals surface area contributed by atoms with Gasteiger partial charge in [-0.3, -0.25) is 4.79 Å². The van der Waals surface area contributed by atoms with Gasteiger partial charge in [0.05, 0.1) is 22.4 Å². The van der Waals surface area contributed by atoms with Gasteiger partial charge in [-0.05, 0) is 49.5 Å². The molecule has 0 N–H and O–H groups in total. The lowest BCUT2D eigenvalue weighted by Crippen LogP contribution is -2.47. The Bertz CT molecular complexity index is 1440. The van der Waals surface area contributed by atoms with E-state index in [1.54, 1.807) is 0 Å². The minimum atomic E-state index is 0.0516. The number of nitrogens with zero attached hydrogens (tertiary/aromatic N) is 6. The van der Waals surface area contributed by atoms with Crippen molar-refractivity contribution in [1.82, 2.24) is 19.8 Å². The van der Waals surface area contributed by atoms with Crippen molar-refractivity contribution < 1.29 is 4.79 Å². The number of fused-ring (bicyclic) bond motifs is 1. The number of carbonyl (C=O) groups excluding carboxylic acids is 1. The second-order valence-corrected chi connectivity index (χ2v) is 10.1. The van der Waals surface area contributed by atoms with Crippen molar-refractivity contribution in [1.29, 1.82) is 0 Å². The van der Waals surface area contributed by atoms with Gasteiger partial charge in [0, 0.05) is 82.4 Å². The van der Waals surface area contributed by atoms with Gasteiger partial charge in [0.25, 0.3) is 5.91 Å². The smallest absolute Gasteiger partial charge is 0.254 e. The van der Waals surface area contributed by atoms with E-state index >= 15 is 0 Å². The third-order valence-corrected chi connectivity index (χ3v) is 6.97. The first-order valence-corrected chi connectivity index (χ1v) is 12.7. The molecule has 1 aliphatic heterocycles. The molecule has 1 aromatic heterocycles. The average Bonchev–Trinajstić information content (AvgIpc) is 2.92. The summed E-state index contributed by atoms with van der Waals surface area (Å²) in [7, 11) is 10.2. The maximum atomic E-state index is 13.3. The Labute approximate surface area is 219 Å². The first-order chi connectivity index (χ1) is 17.8. The van der Waals surface area contributed by atoms with Crippen molar-refractivity contribution in [3.8, 4) is 22.5 Å². The van der Waals surface area contributed by atoms with E-state index in [-0.39, 0.29) is 5.91 Å². The van der Waals surface area contributed by atoms with Crippen LogP contribution in [0.15, 0.2) is 66.7 Å². The Kier molecular flexibility index (Phi) is 6.80. The molecule has 1 saturated heterocycles. The van der Waals surface area contributed by atoms with Crippen LogP contribution in [0.1, 0.15) is 10.4 Å². The molecule has 3 aromatic carbocycles. The number of carbonyl (C=O) groups is 1. The van der Waals surface area contributed by atoms with Gasteiger partial charge in [-0.2, -0.15) is 0 Å². The Morgan fingerprint density at radius 3 is 1.78 bits per heavy atom. The van der Waals surface area contributed by atoms with Crippen LogP contribution in [0.3, 0.4) is 0 Å². The molecule has 1 fully saturated rings. The molecule has 0 bridgehead atoms. The summed E-state index contributed by atoms with van der Waals surface area (Å²) in [4.78, 5) is 31.8. The molecule has 0 spiro atoms. The summed E-state index contributed by atoms with van der Waals surface area (Å²) >= 11 is 0. The minimum Gasteiger partial charge on any atom is -0.378 e. The number of hydrogen-bond donors (Lipinski definition) is 0. The third-order valence-electron chi connectivity index (χ3n) is 6.97. The third kappa shape index (κ3) is 5.13. The SMILES string of the molecule is CN1CCN(C(=O)c2ccc3nc(-c4cccc(N(C)C)c4)c(-c4cccc(N(C)C)c4)nc3c2)CC1. The molecule has 7 nitrogen and oxygen atoms in total. The molecule has 2 heterocycles. The lowest BCUT2D eigenvalue weighted by atomic mass is 10.0. The van der Waals surface area contributed by atoms with Gasteiger partial charge in [0.1, 0.15) is 0 Å². The molecule has 1 amide bonds. The molecular formula is C30H34N6O. The number of likely N-dealkylation sites (N-methyl/N-ethyl adjacent to an activating group) is 1. The number of piperazine rings is 1. The second-order valence-electron chi connectivity index (χ2n) is 10.1. The number of hydrogen-bond acceptors (Lipinski definition) is 6. The normalized spacial score (nSPS) is 14.1. The maximum absolute atomic E-state index is 13.3. The highest BCUT2D eigenvalue weighted by Gasteiger charge is 2.22. The van der Waals surface area contributed by atoms with E-state index in [1.165, 1.54) is 0 Å². The van der Waals surface area contributed by atoms with Crippen molar-refractivity contribution in [3.05, 3.63) is 72.3 Å². The van der Waals surface area contributed by atoms with Crippen molar-refractivity contribution in [2.24, 2.45) is 0 Å². The van der Waals surface area contributed by atoms with E-state index in [1.807, 2.05) is 63.4 Å². The predicted molar refractivity (Wildman–Crippen MR) is 152 cm³/mol. The quantitative estimate of drug-likeness (QED) is 0.408. The zero-order valence-corrected chi connectivity index (χ0v) is 22.3. The van der Waals surface area contributed by atoms with Crippen molar-refractivity contribution in [2.45, 2.75) is 0 Å². The van der Waals surface area contributed by atoms with E-state index in [0.717, 1.165) is 71.1 Å². The van der Waals surface area contributed by atoms with Crippen molar-refractivity contribution >= 4 is 28.3 Å². The Hall–Kier alpha value is -3.97. The van der Waals surface area contributed by atoms with Gasteiger partial charge in [-0.1, -0.05) is 24.3 Å². The lowest BCUT2D eigenvalue weighted by Gasteiger charge is -2.32. The zero-order chi connectivity index (χ0) is 26.1. The summed E-state index contributed by atoms with van der Waals surface area (Å²) < 4.78 is 0. The van der Waals surface area contributed by atoms with Crippen LogP contribution < -0.4 is 9.80 Å². The fourth-order valence-corrected chi connectivity index (χ4v) is 4.64. The molecule has 4 aromatic rings. The van der Waals surface area contributed by atoms with Gasteiger partial charge in [-0.25, -0.2) is 9.97 Å². The van der Waals surface area contributed by atoms with Crippen molar-refractivity contribution in [3.63, 3.8) is 0 Å². The molecule has 37 heavy (non-hydrogen) atoms. The second kappa shape index (κ2) is 10.2. The van der Waals surface area contributed by atoms with Gasteiger partial charge in [-0.15, -0.1) is 0 Å². The Morgan fingerprint density at radius 1 is 0.703 bits per heavy atom. The van der Waals surface area contributed by atoms with E-state index in [2.05, 4.69) is 58.1 Å². The molecule has 0 unspecified atom stereocenters. The van der Waals surface area contributed by atoms with Crippen LogP contribution in [0.25, 0.3) is 33.5 Å². The number of rotatable bonds is 5. The summed E-state index contributed by atoms with van der Waals surface area (Å²) in [6.07, 6.45) is 0. The number of amides is 1. The average molecular weight is 495 g/mol. The predicted octanol–water partition coefficient (Wildman–Crippen LogP) is 4.48. The molecule has 190 valence electrons. The monoisotopic (exact) mass is 494 g/mol. The van der Waals surface area contributed by atoms with Crippen LogP contribution in [-0.4, -0.2) is 87.1 Å². The maximum Gasteiger partial charge on any atom is 0.254 e. The number of benzene rings is 3. The largest absolute Gasteiger partial charge is 0.378 e. The van der Waals surface area contributed by atoms with Crippen molar-refractivity contribution in [2.75, 3.05) is 71.2 Å². The summed E-state index contributed by atoms with van der Waals surface area (Å²) in [5, 5.41) is 0. The van der Waals surface area contributed by atoms with Gasteiger partial charge in [0.2, 0.25) is 0 Å². The first-order valence-electron chi connectivity index (χ1n) is 12.7. The van der Waals surface area contributed by atoms with E-state index < -0.39 is 0 Å². The molecule has 0 atom stereocenters. The van der Waals surface area contributed by atoms with E-state index in [9.17, 15) is 4.79 Å². The molecule has 1 aliphatic rings. The summed E-state index contributed by atoms with van der Waals surface area (Å²) in [6, 6.07) is 22.4. The fourth-order valence-electron chi connectivity index (χ4n) is 4.64. The molecule has 7 heteroatoms. The number of aromatic nitrogens is 2. The first kappa shape index (κ1) is 24.7. The van der Waals surface area contributed by atoms with Crippen LogP contribution in [0, 0.1) is 0 Å².